The first-order chi connectivity index (χ1) is 9.74. The summed E-state index contributed by atoms with van der Waals surface area (Å²) in [5.74, 6) is 1.41. The van der Waals surface area contributed by atoms with E-state index in [-0.39, 0.29) is 0 Å². The van der Waals surface area contributed by atoms with Gasteiger partial charge in [-0.25, -0.2) is 4.68 Å². The number of hydrogen-bond donors (Lipinski definition) is 1. The largest absolute Gasteiger partial charge is 0.490 e. The van der Waals surface area contributed by atoms with Crippen molar-refractivity contribution in [3.63, 3.8) is 0 Å². The van der Waals surface area contributed by atoms with Crippen molar-refractivity contribution < 1.29 is 4.74 Å². The molecule has 6 nitrogen and oxygen atoms in total. The molecule has 0 amide bonds. The van der Waals surface area contributed by atoms with Crippen molar-refractivity contribution in [3.8, 4) is 5.75 Å². The Morgan fingerprint density at radius 3 is 3.05 bits per heavy atom. The number of hydrogen-bond acceptors (Lipinski definition) is 5. The molecule has 2 rings (SSSR count). The molecule has 0 fully saturated rings. The third-order valence-corrected chi connectivity index (χ3v) is 2.67. The van der Waals surface area contributed by atoms with Crippen LogP contribution in [0.1, 0.15) is 19.5 Å². The number of pyridine rings is 1. The summed E-state index contributed by atoms with van der Waals surface area (Å²) in [7, 11) is 0. The molecule has 0 saturated carbocycles. The lowest BCUT2D eigenvalue weighted by atomic mass is 10.2. The lowest BCUT2D eigenvalue weighted by Gasteiger charge is -2.05. The maximum Gasteiger partial charge on any atom is 0.137 e. The Bertz CT molecular complexity index is 497. The smallest absolute Gasteiger partial charge is 0.137 e. The normalized spacial score (nSPS) is 10.9. The van der Waals surface area contributed by atoms with E-state index in [9.17, 15) is 0 Å². The molecule has 2 heterocycles. The monoisotopic (exact) mass is 275 g/mol. The summed E-state index contributed by atoms with van der Waals surface area (Å²) in [6.07, 6.45) is 5.36. The van der Waals surface area contributed by atoms with E-state index in [2.05, 4.69) is 34.5 Å². The zero-order chi connectivity index (χ0) is 14.2. The average molecular weight is 275 g/mol. The van der Waals surface area contributed by atoms with E-state index in [0.29, 0.717) is 19.1 Å². The van der Waals surface area contributed by atoms with E-state index in [1.54, 1.807) is 17.1 Å². The fourth-order valence-corrected chi connectivity index (χ4v) is 1.71. The molecule has 0 radical (unpaired) electrons. The highest BCUT2D eigenvalue weighted by atomic mass is 16.5. The molecular weight excluding hydrogens is 254 g/mol. The Morgan fingerprint density at radius 1 is 1.40 bits per heavy atom. The van der Waals surface area contributed by atoms with E-state index in [1.165, 1.54) is 0 Å². The van der Waals surface area contributed by atoms with Crippen molar-refractivity contribution in [1.82, 2.24) is 25.3 Å². The summed E-state index contributed by atoms with van der Waals surface area (Å²) in [5, 5.41) is 11.5. The van der Waals surface area contributed by atoms with Crippen LogP contribution in [0.4, 0.5) is 0 Å². The van der Waals surface area contributed by atoms with Crippen LogP contribution in [0, 0.1) is 5.92 Å². The number of ether oxygens (including phenoxy) is 1. The number of nitrogens with one attached hydrogen (secondary N) is 1. The first-order valence-electron chi connectivity index (χ1n) is 6.86. The van der Waals surface area contributed by atoms with E-state index >= 15 is 0 Å². The van der Waals surface area contributed by atoms with Gasteiger partial charge in [0, 0.05) is 18.9 Å². The van der Waals surface area contributed by atoms with Crippen LogP contribution in [0.2, 0.25) is 0 Å². The minimum atomic E-state index is 0.550. The summed E-state index contributed by atoms with van der Waals surface area (Å²) in [5.41, 5.74) is 0.951. The topological polar surface area (TPSA) is 64.9 Å². The number of aromatic nitrogens is 4. The average Bonchev–Trinajstić information content (AvgIpc) is 2.87. The molecule has 6 heteroatoms. The van der Waals surface area contributed by atoms with E-state index in [0.717, 1.165) is 24.5 Å². The molecule has 0 spiro atoms. The second-order valence-electron chi connectivity index (χ2n) is 5.03. The van der Waals surface area contributed by atoms with Gasteiger partial charge in [-0.3, -0.25) is 4.98 Å². The second-order valence-corrected chi connectivity index (χ2v) is 5.03. The molecule has 0 aromatic carbocycles. The van der Waals surface area contributed by atoms with Gasteiger partial charge >= 0.3 is 0 Å². The maximum atomic E-state index is 5.57. The van der Waals surface area contributed by atoms with Crippen LogP contribution in [-0.4, -0.2) is 33.1 Å². The van der Waals surface area contributed by atoms with E-state index < -0.39 is 0 Å². The summed E-state index contributed by atoms with van der Waals surface area (Å²) in [6, 6.07) is 3.74. The van der Waals surface area contributed by atoms with Gasteiger partial charge in [0.1, 0.15) is 12.4 Å². The van der Waals surface area contributed by atoms with Crippen LogP contribution in [0.25, 0.3) is 0 Å². The standard InChI is InChI=1S/C14H21N5O/c1-12(2)8-16-9-13-11-19(18-17-13)6-7-20-14-4-3-5-15-10-14/h3-5,10-12,16H,6-9H2,1-2H3. The molecule has 1 N–H and O–H groups in total. The van der Waals surface area contributed by atoms with Gasteiger partial charge in [-0.05, 0) is 24.6 Å². The lowest BCUT2D eigenvalue weighted by molar-refractivity contribution is 0.288. The van der Waals surface area contributed by atoms with Crippen LogP contribution >= 0.6 is 0 Å². The molecule has 2 aromatic heterocycles. The highest BCUT2D eigenvalue weighted by Gasteiger charge is 2.01. The van der Waals surface area contributed by atoms with Gasteiger partial charge in [-0.15, -0.1) is 5.10 Å². The Kier molecular flexibility index (Phi) is 5.49. The fraction of sp³-hybridized carbons (Fsp3) is 0.500. The Morgan fingerprint density at radius 2 is 2.30 bits per heavy atom. The molecule has 0 saturated heterocycles. The number of rotatable bonds is 8. The maximum absolute atomic E-state index is 5.57. The molecule has 0 aliphatic carbocycles. The van der Waals surface area contributed by atoms with Gasteiger partial charge in [0.25, 0.3) is 0 Å². The summed E-state index contributed by atoms with van der Waals surface area (Å²) in [6.45, 7) is 7.32. The zero-order valence-electron chi connectivity index (χ0n) is 12.0. The zero-order valence-corrected chi connectivity index (χ0v) is 12.0. The summed E-state index contributed by atoms with van der Waals surface area (Å²) >= 11 is 0. The Balaban J connectivity index is 1.70. The molecule has 20 heavy (non-hydrogen) atoms. The van der Waals surface area contributed by atoms with Gasteiger partial charge in [0.05, 0.1) is 18.4 Å². The van der Waals surface area contributed by atoms with Gasteiger partial charge in [-0.2, -0.15) is 0 Å². The molecule has 0 bridgehead atoms. The van der Waals surface area contributed by atoms with Crippen LogP contribution in [0.15, 0.2) is 30.7 Å². The predicted molar refractivity (Wildman–Crippen MR) is 76.3 cm³/mol. The van der Waals surface area contributed by atoms with Crippen LogP contribution in [0.3, 0.4) is 0 Å². The number of nitrogens with zero attached hydrogens (tertiary/aromatic N) is 4. The second kappa shape index (κ2) is 7.59. The Hall–Kier alpha value is -1.95. The highest BCUT2D eigenvalue weighted by Crippen LogP contribution is 2.05. The van der Waals surface area contributed by atoms with Gasteiger partial charge in [0.15, 0.2) is 0 Å². The van der Waals surface area contributed by atoms with Gasteiger partial charge in [-0.1, -0.05) is 19.1 Å². The molecule has 2 aromatic rings. The van der Waals surface area contributed by atoms with Gasteiger partial charge < -0.3 is 10.1 Å². The van der Waals surface area contributed by atoms with Crippen molar-refractivity contribution in [2.45, 2.75) is 26.9 Å². The molecule has 0 aliphatic rings. The molecule has 0 atom stereocenters. The predicted octanol–water partition coefficient (Wildman–Crippen LogP) is 1.50. The van der Waals surface area contributed by atoms with Crippen molar-refractivity contribution in [2.24, 2.45) is 5.92 Å². The van der Waals surface area contributed by atoms with Crippen molar-refractivity contribution in [2.75, 3.05) is 13.2 Å². The third kappa shape index (κ3) is 4.97. The van der Waals surface area contributed by atoms with Crippen molar-refractivity contribution >= 4 is 0 Å². The van der Waals surface area contributed by atoms with Crippen molar-refractivity contribution in [1.29, 1.82) is 0 Å². The first-order valence-corrected chi connectivity index (χ1v) is 6.86. The first kappa shape index (κ1) is 14.5. The van der Waals surface area contributed by atoms with E-state index in [4.69, 9.17) is 4.74 Å². The van der Waals surface area contributed by atoms with Crippen LogP contribution in [-0.2, 0) is 13.1 Å². The minimum Gasteiger partial charge on any atom is -0.490 e. The molecular formula is C14H21N5O. The van der Waals surface area contributed by atoms with Crippen LogP contribution in [0.5, 0.6) is 5.75 Å². The highest BCUT2D eigenvalue weighted by molar-refractivity contribution is 5.15. The van der Waals surface area contributed by atoms with Crippen molar-refractivity contribution in [3.05, 3.63) is 36.4 Å². The summed E-state index contributed by atoms with van der Waals surface area (Å²) < 4.78 is 7.36. The minimum absolute atomic E-state index is 0.550. The molecule has 0 aliphatic heterocycles. The third-order valence-electron chi connectivity index (χ3n) is 2.67. The van der Waals surface area contributed by atoms with E-state index in [1.807, 2.05) is 18.3 Å². The quantitative estimate of drug-likeness (QED) is 0.791. The SMILES string of the molecule is CC(C)CNCc1cn(CCOc2cccnc2)nn1. The van der Waals surface area contributed by atoms with Crippen LogP contribution < -0.4 is 10.1 Å². The molecule has 108 valence electrons. The summed E-state index contributed by atoms with van der Waals surface area (Å²) in [4.78, 5) is 3.99. The lowest BCUT2D eigenvalue weighted by Crippen LogP contribution is -2.19. The fourth-order valence-electron chi connectivity index (χ4n) is 1.71. The van der Waals surface area contributed by atoms with Gasteiger partial charge in [0.2, 0.25) is 0 Å². The Labute approximate surface area is 119 Å². The molecule has 0 unspecified atom stereocenters.